The number of unbranched alkanes of at least 4 members (excludes halogenated alkanes) is 1. The number of alkyl halides is 6. The molecule has 4 N–H and O–H groups in total. The number of β-amino-alcohol motifs (C(OH)–C–C–N with tert-alkyl or cyclic N) is 1. The van der Waals surface area contributed by atoms with E-state index in [2.05, 4.69) is 10.3 Å². The molecule has 16 nitrogen and oxygen atoms in total. The van der Waals surface area contributed by atoms with Crippen LogP contribution in [0.3, 0.4) is 0 Å². The normalized spacial score (nSPS) is 17.1. The zero-order valence-electron chi connectivity index (χ0n) is 41.5. The zero-order valence-corrected chi connectivity index (χ0v) is 42.3. The van der Waals surface area contributed by atoms with Gasteiger partial charge in [0.1, 0.15) is 34.6 Å². The maximum Gasteiger partial charge on any atom is 0.420 e. The number of nitrogens with two attached hydrogens (primary N) is 1. The molecule has 0 saturated carbocycles. The first-order valence-electron chi connectivity index (χ1n) is 23.4. The van der Waals surface area contributed by atoms with Crippen molar-refractivity contribution in [3.8, 4) is 23.1 Å². The number of nitriles is 1. The molecule has 5 amide bonds. The molecule has 0 unspecified atom stereocenters. The Morgan fingerprint density at radius 1 is 1.00 bits per heavy atom. The lowest BCUT2D eigenvalue weighted by molar-refractivity contribution is -0.149. The largest absolute Gasteiger partial charge is 0.494 e. The summed E-state index contributed by atoms with van der Waals surface area (Å²) in [6.07, 6.45) is -9.40. The van der Waals surface area contributed by atoms with Gasteiger partial charge < -0.3 is 40.3 Å². The molecule has 76 heavy (non-hydrogen) atoms. The molecule has 0 radical (unpaired) electrons. The number of rotatable bonds is 19. The summed E-state index contributed by atoms with van der Waals surface area (Å²) >= 11 is 5.37. The Morgan fingerprint density at radius 3 is 2.26 bits per heavy atom. The van der Waals surface area contributed by atoms with Gasteiger partial charge in [0.2, 0.25) is 24.1 Å². The summed E-state index contributed by atoms with van der Waals surface area (Å²) < 4.78 is 128. The van der Waals surface area contributed by atoms with Gasteiger partial charge in [0.05, 0.1) is 54.1 Å². The number of pyridine rings is 1. The predicted octanol–water partition coefficient (Wildman–Crippen LogP) is 7.28. The monoisotopic (exact) mass is 1090 g/mol. The molecule has 406 valence electrons. The van der Waals surface area contributed by atoms with Crippen molar-refractivity contribution < 1.29 is 73.7 Å². The van der Waals surface area contributed by atoms with Gasteiger partial charge >= 0.3 is 12.4 Å². The molecule has 0 aliphatic carbocycles. The van der Waals surface area contributed by atoms with Crippen molar-refractivity contribution >= 4 is 58.7 Å². The first-order chi connectivity index (χ1) is 35.5. The van der Waals surface area contributed by atoms with Gasteiger partial charge in [0.25, 0.3) is 5.91 Å². The molecular weight excluding hydrogens is 1040 g/mol. The van der Waals surface area contributed by atoms with Gasteiger partial charge in [-0.05, 0) is 92.4 Å². The van der Waals surface area contributed by atoms with Crippen LogP contribution in [0.5, 0.6) is 5.75 Å². The summed E-state index contributed by atoms with van der Waals surface area (Å²) in [5.74, 6) is -6.24. The number of hydrogen-bond acceptors (Lipinski definition) is 11. The second-order valence-electron chi connectivity index (χ2n) is 19.4. The number of nitrogens with one attached hydrogen (secondary N) is 1. The van der Waals surface area contributed by atoms with Crippen LogP contribution in [0.4, 0.5) is 46.5 Å². The third-order valence-electron chi connectivity index (χ3n) is 12.6. The van der Waals surface area contributed by atoms with Gasteiger partial charge in [-0.3, -0.25) is 33.9 Å². The highest BCUT2D eigenvalue weighted by Crippen LogP contribution is 2.44. The SMILES string of the molecule is CC(C)(C)[C@@H](C(=O)N1C[C@H](O)C[C@H]1C(=O)NCc1ccc(C(N)=O)cc1)N(C=O)CCOCCCCOc1ccc(-c2ncc(N3C(=S)N(c4ccc(C#N)c(C(F)(F)F)c4F)C(=O)C3(C)C)cc2F)c(C(F)(F)F)c1. The maximum absolute atomic E-state index is 15.9. The van der Waals surface area contributed by atoms with Gasteiger partial charge in [-0.2, -0.15) is 31.6 Å². The van der Waals surface area contributed by atoms with Crippen molar-refractivity contribution in [2.24, 2.45) is 11.1 Å². The molecule has 2 saturated heterocycles. The Morgan fingerprint density at radius 2 is 1.67 bits per heavy atom. The second-order valence-corrected chi connectivity index (χ2v) is 19.8. The number of aliphatic hydroxyl groups excluding tert-OH is 1. The van der Waals surface area contributed by atoms with Crippen LogP contribution in [0.25, 0.3) is 11.3 Å². The minimum atomic E-state index is -5.34. The number of thiocarbonyl (C=S) groups is 1. The fourth-order valence-corrected chi connectivity index (χ4v) is 9.44. The van der Waals surface area contributed by atoms with E-state index in [4.69, 9.17) is 32.7 Å². The van der Waals surface area contributed by atoms with E-state index in [-0.39, 0.29) is 69.3 Å². The second kappa shape index (κ2) is 22.9. The average Bonchev–Trinajstić information content (AvgIpc) is 3.85. The summed E-state index contributed by atoms with van der Waals surface area (Å²) in [6, 6.07) is 10.3. The summed E-state index contributed by atoms with van der Waals surface area (Å²) in [6.45, 7) is 7.63. The number of ether oxygens (including phenoxy) is 2. The molecule has 0 spiro atoms. The van der Waals surface area contributed by atoms with Crippen LogP contribution in [0, 0.1) is 28.4 Å². The number of anilines is 2. The number of primary amides is 1. The van der Waals surface area contributed by atoms with Crippen LogP contribution in [0.15, 0.2) is 66.9 Å². The number of likely N-dealkylation sites (tertiary alicyclic amines) is 1. The molecular formula is C51H52F8N8O8S. The minimum Gasteiger partial charge on any atom is -0.494 e. The summed E-state index contributed by atoms with van der Waals surface area (Å²) in [7, 11) is 0. The van der Waals surface area contributed by atoms with Gasteiger partial charge in [0.15, 0.2) is 16.7 Å². The molecule has 4 aromatic rings. The number of benzene rings is 3. The zero-order chi connectivity index (χ0) is 56.2. The van der Waals surface area contributed by atoms with E-state index in [1.807, 2.05) is 0 Å². The average molecular weight is 1090 g/mol. The number of halogens is 8. The topological polar surface area (TPSA) is 212 Å². The smallest absolute Gasteiger partial charge is 0.420 e. The third-order valence-corrected chi connectivity index (χ3v) is 13.0. The molecule has 2 aliphatic heterocycles. The van der Waals surface area contributed by atoms with Crippen LogP contribution < -0.4 is 25.6 Å². The van der Waals surface area contributed by atoms with Crippen LogP contribution >= 0.6 is 12.2 Å². The Labute approximate surface area is 436 Å². The maximum atomic E-state index is 15.9. The van der Waals surface area contributed by atoms with Crippen LogP contribution in [-0.4, -0.2) is 112 Å². The highest BCUT2D eigenvalue weighted by atomic mass is 32.1. The first kappa shape index (κ1) is 58.0. The van der Waals surface area contributed by atoms with E-state index < -0.39 is 116 Å². The molecule has 1 aromatic heterocycles. The molecule has 2 fully saturated rings. The standard InChI is InChI=1S/C51H52F8N8O8S/c1-48(2,3)42(45(72)65-26-32(69)21-38(65)44(71)63-24-28-8-10-29(11-9-28)43(61)70)64(27-68)16-19-74-17-6-7-18-75-33-13-14-34(35(22-33)50(54,55)56)41-36(52)20-31(25-62-41)67-47(76)66(46(73)49(67,4)5)37-15-12-30(23-60)39(40(37)53)51(57,58)59/h8-15,20,22,25,27,32,38,42,69H,6-7,16-19,21,24,26H2,1-5H3,(H2,61,70)(H,63,71)/t32-,38+,42-/m1/s1. The van der Waals surface area contributed by atoms with Crippen molar-refractivity contribution in [2.75, 3.05) is 42.7 Å². The minimum absolute atomic E-state index is 0.0216. The number of aromatic nitrogens is 1. The Bertz CT molecular complexity index is 2930. The fraction of sp³-hybridized carbons (Fsp3) is 0.412. The highest BCUT2D eigenvalue weighted by molar-refractivity contribution is 7.81. The Hall–Kier alpha value is -7.30. The Balaban J connectivity index is 1.04. The van der Waals surface area contributed by atoms with Crippen molar-refractivity contribution in [1.82, 2.24) is 20.1 Å². The van der Waals surface area contributed by atoms with Crippen LogP contribution in [-0.2, 0) is 42.8 Å². The van der Waals surface area contributed by atoms with E-state index in [0.29, 0.717) is 41.5 Å². The number of carbonyl (C=O) groups excluding carboxylic acids is 5. The van der Waals surface area contributed by atoms with Crippen molar-refractivity contribution in [3.63, 3.8) is 0 Å². The number of amides is 5. The molecule has 6 rings (SSSR count). The van der Waals surface area contributed by atoms with Crippen molar-refractivity contribution in [1.29, 1.82) is 5.26 Å². The van der Waals surface area contributed by atoms with E-state index in [1.54, 1.807) is 32.9 Å². The van der Waals surface area contributed by atoms with E-state index >= 15 is 8.78 Å². The lowest BCUT2D eigenvalue weighted by Gasteiger charge is -2.40. The number of carbonyl (C=O) groups is 5. The molecule has 25 heteroatoms. The first-order valence-corrected chi connectivity index (χ1v) is 23.9. The van der Waals surface area contributed by atoms with Gasteiger partial charge in [-0.25, -0.2) is 8.78 Å². The van der Waals surface area contributed by atoms with Gasteiger partial charge in [-0.15, -0.1) is 0 Å². The van der Waals surface area contributed by atoms with Crippen molar-refractivity contribution in [3.05, 3.63) is 106 Å². The van der Waals surface area contributed by atoms with Crippen LogP contribution in [0.2, 0.25) is 0 Å². The lowest BCUT2D eigenvalue weighted by Crippen LogP contribution is -2.58. The summed E-state index contributed by atoms with van der Waals surface area (Å²) in [4.78, 5) is 72.8. The highest BCUT2D eigenvalue weighted by Gasteiger charge is 2.53. The number of hydrogen-bond donors (Lipinski definition) is 3. The third kappa shape index (κ3) is 12.5. The molecule has 3 aromatic carbocycles. The number of aliphatic hydroxyl groups is 1. The molecule has 0 bridgehead atoms. The number of nitrogens with zero attached hydrogens (tertiary/aromatic N) is 6. The van der Waals surface area contributed by atoms with Gasteiger partial charge in [-0.1, -0.05) is 32.9 Å². The molecule has 3 heterocycles. The van der Waals surface area contributed by atoms with Crippen LogP contribution in [0.1, 0.15) is 86.5 Å². The van der Waals surface area contributed by atoms with Crippen molar-refractivity contribution in [2.45, 2.75) is 96.5 Å². The molecule has 2 aliphatic rings. The molecule has 3 atom stereocenters. The van der Waals surface area contributed by atoms with Gasteiger partial charge in [0, 0.05) is 49.9 Å². The predicted molar refractivity (Wildman–Crippen MR) is 262 cm³/mol. The summed E-state index contributed by atoms with van der Waals surface area (Å²) in [5.41, 5.74) is -3.44. The summed E-state index contributed by atoms with van der Waals surface area (Å²) in [5, 5.41) is 21.8. The van der Waals surface area contributed by atoms with E-state index in [9.17, 15) is 55.4 Å². The Kier molecular flexibility index (Phi) is 17.5. The van der Waals surface area contributed by atoms with E-state index in [1.165, 1.54) is 47.9 Å². The fourth-order valence-electron chi connectivity index (χ4n) is 8.93. The van der Waals surface area contributed by atoms with E-state index in [0.717, 1.165) is 23.2 Å². The quantitative estimate of drug-likeness (QED) is 0.0366. The lowest BCUT2D eigenvalue weighted by atomic mass is 9.84.